The Morgan fingerprint density at radius 3 is 2.65 bits per heavy atom. The van der Waals surface area contributed by atoms with Gasteiger partial charge in [-0.3, -0.25) is 4.79 Å². The van der Waals surface area contributed by atoms with Crippen LogP contribution in [0.1, 0.15) is 50.2 Å². The van der Waals surface area contributed by atoms with Crippen LogP contribution in [0.2, 0.25) is 0 Å². The van der Waals surface area contributed by atoms with Crippen molar-refractivity contribution in [3.8, 4) is 0 Å². The van der Waals surface area contributed by atoms with Crippen molar-refractivity contribution in [2.45, 2.75) is 46.6 Å². The fourth-order valence-electron chi connectivity index (χ4n) is 1.85. The van der Waals surface area contributed by atoms with Crippen LogP contribution in [0.15, 0.2) is 0 Å². The van der Waals surface area contributed by atoms with Crippen molar-refractivity contribution in [2.24, 2.45) is 5.92 Å². The van der Waals surface area contributed by atoms with Crippen LogP contribution < -0.4 is 16.0 Å². The number of nitrogens with two attached hydrogens (primary N) is 1. The maximum atomic E-state index is 12.3. The number of hydrogen-bond acceptors (Lipinski definition) is 5. The van der Waals surface area contributed by atoms with Gasteiger partial charge in [0, 0.05) is 19.6 Å². The Morgan fingerprint density at radius 1 is 1.45 bits per heavy atom. The van der Waals surface area contributed by atoms with Crippen molar-refractivity contribution in [2.75, 3.05) is 24.2 Å². The Kier molecular flexibility index (Phi) is 6.26. The summed E-state index contributed by atoms with van der Waals surface area (Å²) in [5.41, 5.74) is 5.87. The molecule has 0 aliphatic carbocycles. The van der Waals surface area contributed by atoms with Gasteiger partial charge in [0.15, 0.2) is 5.13 Å². The Morgan fingerprint density at radius 2 is 2.10 bits per heavy atom. The van der Waals surface area contributed by atoms with Gasteiger partial charge >= 0.3 is 0 Å². The van der Waals surface area contributed by atoms with E-state index in [0.29, 0.717) is 16.6 Å². The van der Waals surface area contributed by atoms with Crippen molar-refractivity contribution >= 4 is 28.2 Å². The monoisotopic (exact) mass is 298 g/mol. The summed E-state index contributed by atoms with van der Waals surface area (Å²) in [4.78, 5) is 19.1. The van der Waals surface area contributed by atoms with Gasteiger partial charge in [0.1, 0.15) is 10.7 Å². The molecule has 6 heteroatoms. The lowest BCUT2D eigenvalue weighted by atomic mass is 10.0. The van der Waals surface area contributed by atoms with Crippen LogP contribution in [0.5, 0.6) is 0 Å². The van der Waals surface area contributed by atoms with Gasteiger partial charge in [0.25, 0.3) is 5.91 Å². The molecule has 114 valence electrons. The summed E-state index contributed by atoms with van der Waals surface area (Å²) in [6.07, 6.45) is 2.06. The van der Waals surface area contributed by atoms with E-state index in [1.165, 1.54) is 11.3 Å². The zero-order chi connectivity index (χ0) is 15.3. The molecule has 0 aliphatic rings. The first-order valence-corrected chi connectivity index (χ1v) is 8.00. The summed E-state index contributed by atoms with van der Waals surface area (Å²) in [6, 6.07) is 0.130. The van der Waals surface area contributed by atoms with Crippen molar-refractivity contribution in [3.05, 3.63) is 4.88 Å². The van der Waals surface area contributed by atoms with Crippen molar-refractivity contribution in [3.63, 3.8) is 0 Å². The number of nitrogen functional groups attached to an aromatic ring is 1. The predicted octanol–water partition coefficient (Wildman–Crippen LogP) is 2.74. The first kappa shape index (κ1) is 16.8. The van der Waals surface area contributed by atoms with Crippen LogP contribution in [-0.4, -0.2) is 30.5 Å². The SMILES string of the molecule is CCCN(C)c1nc(N)c(C(=O)NC(C)C(C)CC)s1. The molecule has 0 saturated carbocycles. The van der Waals surface area contributed by atoms with E-state index in [4.69, 9.17) is 5.73 Å². The smallest absolute Gasteiger partial charge is 0.265 e. The largest absolute Gasteiger partial charge is 0.382 e. The van der Waals surface area contributed by atoms with Gasteiger partial charge < -0.3 is 16.0 Å². The van der Waals surface area contributed by atoms with E-state index in [1.54, 1.807) is 0 Å². The minimum Gasteiger partial charge on any atom is -0.382 e. The van der Waals surface area contributed by atoms with Crippen LogP contribution in [-0.2, 0) is 0 Å². The minimum absolute atomic E-state index is 0.121. The van der Waals surface area contributed by atoms with Gasteiger partial charge in [0.2, 0.25) is 0 Å². The quantitative estimate of drug-likeness (QED) is 0.812. The molecule has 1 aromatic rings. The number of amides is 1. The van der Waals surface area contributed by atoms with Crippen LogP contribution in [0.3, 0.4) is 0 Å². The average molecular weight is 298 g/mol. The molecule has 0 spiro atoms. The van der Waals surface area contributed by atoms with Crippen LogP contribution in [0.4, 0.5) is 10.9 Å². The van der Waals surface area contributed by atoms with Gasteiger partial charge in [-0.15, -0.1) is 0 Å². The lowest BCUT2D eigenvalue weighted by molar-refractivity contribution is 0.0933. The van der Waals surface area contributed by atoms with E-state index in [0.717, 1.165) is 24.5 Å². The summed E-state index contributed by atoms with van der Waals surface area (Å²) in [6.45, 7) is 9.27. The summed E-state index contributed by atoms with van der Waals surface area (Å²) in [5.74, 6) is 0.640. The molecule has 0 saturated heterocycles. The van der Waals surface area contributed by atoms with E-state index in [-0.39, 0.29) is 11.9 Å². The Hall–Kier alpha value is -1.30. The molecule has 3 N–H and O–H groups in total. The molecule has 5 nitrogen and oxygen atoms in total. The second-order valence-electron chi connectivity index (χ2n) is 5.28. The Bertz CT molecular complexity index is 446. The van der Waals surface area contributed by atoms with Gasteiger partial charge in [-0.25, -0.2) is 4.98 Å². The molecule has 0 radical (unpaired) electrons. The normalized spacial score (nSPS) is 13.8. The highest BCUT2D eigenvalue weighted by Gasteiger charge is 2.20. The molecule has 1 heterocycles. The second-order valence-corrected chi connectivity index (χ2v) is 6.26. The lowest BCUT2D eigenvalue weighted by Gasteiger charge is -2.19. The fourth-order valence-corrected chi connectivity index (χ4v) is 2.72. The molecular formula is C14H26N4OS. The zero-order valence-electron chi connectivity index (χ0n) is 13.1. The molecule has 0 aromatic carbocycles. The van der Waals surface area contributed by atoms with Crippen molar-refractivity contribution < 1.29 is 4.79 Å². The van der Waals surface area contributed by atoms with Crippen molar-refractivity contribution in [1.29, 1.82) is 0 Å². The average Bonchev–Trinajstić information content (AvgIpc) is 2.80. The second kappa shape index (κ2) is 7.47. The van der Waals surface area contributed by atoms with Gasteiger partial charge in [-0.1, -0.05) is 38.5 Å². The number of carbonyl (C=O) groups is 1. The summed E-state index contributed by atoms with van der Waals surface area (Å²) in [5, 5.41) is 3.80. The lowest BCUT2D eigenvalue weighted by Crippen LogP contribution is -2.36. The molecule has 1 amide bonds. The van der Waals surface area contributed by atoms with Gasteiger partial charge in [-0.2, -0.15) is 0 Å². The van der Waals surface area contributed by atoms with Gasteiger partial charge in [0.05, 0.1) is 0 Å². The molecule has 0 fully saturated rings. The third kappa shape index (κ3) is 4.10. The molecule has 2 unspecified atom stereocenters. The number of aromatic nitrogens is 1. The van der Waals surface area contributed by atoms with E-state index < -0.39 is 0 Å². The summed E-state index contributed by atoms with van der Waals surface area (Å²) < 4.78 is 0. The molecular weight excluding hydrogens is 272 g/mol. The van der Waals surface area contributed by atoms with E-state index in [2.05, 4.69) is 31.1 Å². The van der Waals surface area contributed by atoms with E-state index in [1.807, 2.05) is 18.9 Å². The number of carbonyl (C=O) groups excluding carboxylic acids is 1. The van der Waals surface area contributed by atoms with Gasteiger partial charge in [-0.05, 0) is 19.3 Å². The molecule has 0 bridgehead atoms. The number of nitrogens with one attached hydrogen (secondary N) is 1. The number of nitrogens with zero attached hydrogens (tertiary/aromatic N) is 2. The van der Waals surface area contributed by atoms with E-state index >= 15 is 0 Å². The topological polar surface area (TPSA) is 71.2 Å². The minimum atomic E-state index is -0.121. The van der Waals surface area contributed by atoms with Crippen LogP contribution >= 0.6 is 11.3 Å². The van der Waals surface area contributed by atoms with Crippen molar-refractivity contribution in [1.82, 2.24) is 10.3 Å². The number of hydrogen-bond donors (Lipinski definition) is 2. The molecule has 2 atom stereocenters. The summed E-state index contributed by atoms with van der Waals surface area (Å²) >= 11 is 1.35. The molecule has 1 aromatic heterocycles. The highest BCUT2D eigenvalue weighted by atomic mass is 32.1. The maximum absolute atomic E-state index is 12.3. The van der Waals surface area contributed by atoms with Crippen LogP contribution in [0, 0.1) is 5.92 Å². The highest BCUT2D eigenvalue weighted by molar-refractivity contribution is 7.18. The third-order valence-corrected chi connectivity index (χ3v) is 4.77. The van der Waals surface area contributed by atoms with Crippen LogP contribution in [0.25, 0.3) is 0 Å². The molecule has 20 heavy (non-hydrogen) atoms. The Labute approximate surface area is 125 Å². The first-order chi connectivity index (χ1) is 9.40. The Balaban J connectivity index is 2.78. The number of anilines is 2. The standard InChI is InChI=1S/C14H26N4OS/c1-6-8-18(5)14-17-12(15)11(20-14)13(19)16-10(4)9(3)7-2/h9-10H,6-8,15H2,1-5H3,(H,16,19). The molecule has 0 aliphatic heterocycles. The third-order valence-electron chi connectivity index (χ3n) is 3.59. The maximum Gasteiger partial charge on any atom is 0.265 e. The predicted molar refractivity (Wildman–Crippen MR) is 86.5 cm³/mol. The highest BCUT2D eigenvalue weighted by Crippen LogP contribution is 2.27. The zero-order valence-corrected chi connectivity index (χ0v) is 13.9. The first-order valence-electron chi connectivity index (χ1n) is 7.18. The van der Waals surface area contributed by atoms with E-state index in [9.17, 15) is 4.79 Å². The fraction of sp³-hybridized carbons (Fsp3) is 0.714. The summed E-state index contributed by atoms with van der Waals surface area (Å²) in [7, 11) is 1.96. The molecule has 1 rings (SSSR count). The number of rotatable bonds is 7. The number of thiazole rings is 1.